The van der Waals surface area contributed by atoms with Crippen LogP contribution in [0.5, 0.6) is 17.2 Å². The second kappa shape index (κ2) is 12.5. The summed E-state index contributed by atoms with van der Waals surface area (Å²) >= 11 is 5.57. The highest BCUT2D eigenvalue weighted by atomic mass is 127. The van der Waals surface area contributed by atoms with Crippen molar-refractivity contribution in [3.05, 3.63) is 89.4 Å². The van der Waals surface area contributed by atoms with Crippen molar-refractivity contribution < 1.29 is 23.9 Å². The number of methoxy groups -OCH3 is 1. The first-order valence-electron chi connectivity index (χ1n) is 10.3. The molecule has 0 spiro atoms. The molecule has 0 saturated heterocycles. The van der Waals surface area contributed by atoms with Crippen molar-refractivity contribution in [3.63, 3.8) is 0 Å². The number of benzene rings is 3. The molecule has 1 amide bonds. The number of carbonyl (C=O) groups is 1. The summed E-state index contributed by atoms with van der Waals surface area (Å²) in [5.74, 6) is 0.710. The van der Waals surface area contributed by atoms with Gasteiger partial charge < -0.3 is 14.2 Å². The van der Waals surface area contributed by atoms with E-state index in [2.05, 4.69) is 49.0 Å². The molecule has 3 aromatic carbocycles. The molecule has 9 nitrogen and oxygen atoms in total. The van der Waals surface area contributed by atoms with Crippen molar-refractivity contribution in [2.24, 2.45) is 5.10 Å². The molecule has 0 aliphatic rings. The summed E-state index contributed by atoms with van der Waals surface area (Å²) in [6.45, 7) is 2.69. The SMILES string of the molecule is CCOc1cc(/C=N\NC(=O)c2cc([N+](=O)[O-])ccc2OC)cc(I)c1OCc1ccc(Br)cc1. The molecule has 0 bridgehead atoms. The van der Waals surface area contributed by atoms with Crippen LogP contribution in [-0.4, -0.2) is 30.8 Å². The number of amides is 1. The van der Waals surface area contributed by atoms with Crippen molar-refractivity contribution in [2.45, 2.75) is 13.5 Å². The third-order valence-electron chi connectivity index (χ3n) is 4.65. The number of ether oxygens (including phenoxy) is 3. The molecular formula is C24H21BrIN3O6. The first-order valence-corrected chi connectivity index (χ1v) is 12.2. The highest BCUT2D eigenvalue weighted by molar-refractivity contribution is 14.1. The Morgan fingerprint density at radius 1 is 1.14 bits per heavy atom. The van der Waals surface area contributed by atoms with E-state index < -0.39 is 10.8 Å². The zero-order valence-corrected chi connectivity index (χ0v) is 22.5. The number of non-ortho nitro benzene ring substituents is 1. The second-order valence-corrected chi connectivity index (χ2v) is 9.10. The number of nitro groups is 1. The number of halogens is 2. The maximum atomic E-state index is 12.5. The average Bonchev–Trinajstić information content (AvgIpc) is 2.84. The number of hydrogen-bond donors (Lipinski definition) is 1. The lowest BCUT2D eigenvalue weighted by Crippen LogP contribution is -2.18. The highest BCUT2D eigenvalue weighted by Gasteiger charge is 2.17. The minimum atomic E-state index is -0.643. The average molecular weight is 654 g/mol. The monoisotopic (exact) mass is 653 g/mol. The van der Waals surface area contributed by atoms with Crippen LogP contribution in [0.3, 0.4) is 0 Å². The minimum absolute atomic E-state index is 0.000116. The molecule has 1 N–H and O–H groups in total. The first-order chi connectivity index (χ1) is 16.8. The van der Waals surface area contributed by atoms with Gasteiger partial charge in [-0.05, 0) is 71.0 Å². The topological polar surface area (TPSA) is 112 Å². The normalized spacial score (nSPS) is 10.7. The standard InChI is InChI=1S/C24H21BrIN3O6/c1-3-34-22-11-16(10-20(26)23(22)35-14-15-4-6-17(25)7-5-15)13-27-28-24(30)19-12-18(29(31)32)8-9-21(19)33-2/h4-13H,3,14H2,1-2H3,(H,28,30)/b27-13-. The Balaban J connectivity index is 1.76. The summed E-state index contributed by atoms with van der Waals surface area (Å²) in [6.07, 6.45) is 1.45. The van der Waals surface area contributed by atoms with Crippen LogP contribution in [0.4, 0.5) is 5.69 Å². The Labute approximate surface area is 223 Å². The minimum Gasteiger partial charge on any atom is -0.496 e. The molecule has 0 aromatic heterocycles. The molecule has 0 aliphatic carbocycles. The fourth-order valence-electron chi connectivity index (χ4n) is 3.01. The van der Waals surface area contributed by atoms with Crippen LogP contribution in [0.15, 0.2) is 64.2 Å². The molecule has 0 aliphatic heterocycles. The van der Waals surface area contributed by atoms with E-state index in [4.69, 9.17) is 14.2 Å². The smallest absolute Gasteiger partial charge is 0.275 e. The Hall–Kier alpha value is -3.19. The third-order valence-corrected chi connectivity index (χ3v) is 5.98. The molecule has 0 unspecified atom stereocenters. The third kappa shape index (κ3) is 7.15. The number of nitrogens with zero attached hydrogens (tertiary/aromatic N) is 2. The number of rotatable bonds is 10. The molecule has 0 heterocycles. The lowest BCUT2D eigenvalue weighted by molar-refractivity contribution is -0.384. The zero-order chi connectivity index (χ0) is 25.4. The van der Waals surface area contributed by atoms with Crippen molar-refractivity contribution in [1.29, 1.82) is 0 Å². The van der Waals surface area contributed by atoms with E-state index in [-0.39, 0.29) is 17.0 Å². The molecule has 0 saturated carbocycles. The second-order valence-electron chi connectivity index (χ2n) is 7.02. The van der Waals surface area contributed by atoms with E-state index in [0.717, 1.165) is 19.7 Å². The summed E-state index contributed by atoms with van der Waals surface area (Å²) in [7, 11) is 1.37. The molecule has 3 rings (SSSR count). The molecule has 0 fully saturated rings. The van der Waals surface area contributed by atoms with E-state index in [1.54, 1.807) is 6.07 Å². The highest BCUT2D eigenvalue weighted by Crippen LogP contribution is 2.34. The van der Waals surface area contributed by atoms with Gasteiger partial charge in [-0.3, -0.25) is 14.9 Å². The van der Waals surface area contributed by atoms with E-state index in [1.807, 2.05) is 37.3 Å². The summed E-state index contributed by atoms with van der Waals surface area (Å²) < 4.78 is 18.7. The predicted molar refractivity (Wildman–Crippen MR) is 144 cm³/mol. The van der Waals surface area contributed by atoms with Gasteiger partial charge in [0, 0.05) is 16.6 Å². The molecule has 11 heteroatoms. The van der Waals surface area contributed by atoms with Crippen molar-refractivity contribution in [3.8, 4) is 17.2 Å². The van der Waals surface area contributed by atoms with E-state index in [0.29, 0.717) is 30.3 Å². The van der Waals surface area contributed by atoms with Crippen LogP contribution in [0, 0.1) is 13.7 Å². The predicted octanol–water partition coefficient (Wildman–Crippen LogP) is 5.71. The Kier molecular flexibility index (Phi) is 9.43. The van der Waals surface area contributed by atoms with Gasteiger partial charge in [-0.25, -0.2) is 5.43 Å². The quantitative estimate of drug-likeness (QED) is 0.130. The number of carbonyl (C=O) groups excluding carboxylic acids is 1. The van der Waals surface area contributed by atoms with Gasteiger partial charge in [0.15, 0.2) is 11.5 Å². The zero-order valence-electron chi connectivity index (χ0n) is 18.8. The number of hydrazone groups is 1. The van der Waals surface area contributed by atoms with Gasteiger partial charge in [0.25, 0.3) is 11.6 Å². The van der Waals surface area contributed by atoms with Crippen LogP contribution in [0.2, 0.25) is 0 Å². The van der Waals surface area contributed by atoms with Crippen LogP contribution in [0.1, 0.15) is 28.4 Å². The molecule has 0 radical (unpaired) electrons. The molecule has 35 heavy (non-hydrogen) atoms. The van der Waals surface area contributed by atoms with Gasteiger partial charge >= 0.3 is 0 Å². The molecular weight excluding hydrogens is 633 g/mol. The van der Waals surface area contributed by atoms with Gasteiger partial charge in [-0.15, -0.1) is 0 Å². The maximum absolute atomic E-state index is 12.5. The first kappa shape index (κ1) is 26.4. The Morgan fingerprint density at radius 3 is 2.54 bits per heavy atom. The lowest BCUT2D eigenvalue weighted by Gasteiger charge is -2.15. The fourth-order valence-corrected chi connectivity index (χ4v) is 4.06. The number of nitro benzene ring substituents is 1. The van der Waals surface area contributed by atoms with Crippen LogP contribution < -0.4 is 19.6 Å². The summed E-state index contributed by atoms with van der Waals surface area (Å²) in [5.41, 5.74) is 3.82. The summed E-state index contributed by atoms with van der Waals surface area (Å²) in [4.78, 5) is 23.0. The van der Waals surface area contributed by atoms with Crippen LogP contribution >= 0.6 is 38.5 Å². The fraction of sp³-hybridized carbons (Fsp3) is 0.167. The van der Waals surface area contributed by atoms with Crippen molar-refractivity contribution >= 4 is 56.3 Å². The summed E-state index contributed by atoms with van der Waals surface area (Å²) in [6, 6.07) is 15.2. The maximum Gasteiger partial charge on any atom is 0.275 e. The Morgan fingerprint density at radius 2 is 1.89 bits per heavy atom. The van der Waals surface area contributed by atoms with E-state index in [9.17, 15) is 14.9 Å². The van der Waals surface area contributed by atoms with Crippen molar-refractivity contribution in [2.75, 3.05) is 13.7 Å². The number of hydrogen-bond acceptors (Lipinski definition) is 7. The number of nitrogens with one attached hydrogen (secondary N) is 1. The molecule has 182 valence electrons. The van der Waals surface area contributed by atoms with Crippen molar-refractivity contribution in [1.82, 2.24) is 5.43 Å². The van der Waals surface area contributed by atoms with Gasteiger partial charge in [-0.2, -0.15) is 5.10 Å². The van der Waals surface area contributed by atoms with Gasteiger partial charge in [0.05, 0.1) is 34.0 Å². The largest absolute Gasteiger partial charge is 0.496 e. The lowest BCUT2D eigenvalue weighted by atomic mass is 10.1. The van der Waals surface area contributed by atoms with Gasteiger partial charge in [-0.1, -0.05) is 28.1 Å². The van der Waals surface area contributed by atoms with Crippen LogP contribution in [0.25, 0.3) is 0 Å². The Bertz CT molecular complexity index is 1250. The summed E-state index contributed by atoms with van der Waals surface area (Å²) in [5, 5.41) is 15.0. The van der Waals surface area contributed by atoms with E-state index in [1.165, 1.54) is 25.5 Å². The van der Waals surface area contributed by atoms with Gasteiger partial charge in [0.2, 0.25) is 0 Å². The molecule has 3 aromatic rings. The van der Waals surface area contributed by atoms with E-state index >= 15 is 0 Å². The van der Waals surface area contributed by atoms with Gasteiger partial charge in [0.1, 0.15) is 12.4 Å². The molecule has 0 atom stereocenters. The van der Waals surface area contributed by atoms with Crippen LogP contribution in [-0.2, 0) is 6.61 Å².